The third kappa shape index (κ3) is 5.19. The molecule has 0 fully saturated rings. The zero-order valence-electron chi connectivity index (χ0n) is 8.64. The number of hydrogen-bond donors (Lipinski definition) is 0. The fourth-order valence-electron chi connectivity index (χ4n) is 1.76. The monoisotopic (exact) mass is 259 g/mol. The molecular weight excluding hydrogens is 248 g/mol. The molecule has 0 saturated carbocycles. The van der Waals surface area contributed by atoms with Crippen LogP contribution < -0.4 is 0 Å². The van der Waals surface area contributed by atoms with E-state index in [-0.39, 0.29) is 0 Å². The minimum atomic E-state index is 0.510. The van der Waals surface area contributed by atoms with Crippen LogP contribution in [0.3, 0.4) is 0 Å². The summed E-state index contributed by atoms with van der Waals surface area (Å²) in [4.78, 5) is 23.0. The van der Waals surface area contributed by atoms with Crippen molar-refractivity contribution >= 4 is 20.4 Å². The summed E-state index contributed by atoms with van der Waals surface area (Å²) >= 11 is 4.08. The Kier molecular flexibility index (Phi) is 13.1. The molecular formula is C12H11FeO3. The van der Waals surface area contributed by atoms with E-state index in [0.717, 1.165) is 0 Å². The first kappa shape index (κ1) is 17.4. The summed E-state index contributed by atoms with van der Waals surface area (Å²) < 4.78 is 0. The van der Waals surface area contributed by atoms with Crippen LogP contribution in [0.25, 0.3) is 0 Å². The average molecular weight is 259 g/mol. The quantitative estimate of drug-likeness (QED) is 0.620. The van der Waals surface area contributed by atoms with E-state index >= 15 is 0 Å². The topological polar surface area (TPSA) is 51.2 Å². The molecule has 6 radical (unpaired) electrons. The van der Waals surface area contributed by atoms with Crippen LogP contribution in [0, 0.1) is 0 Å². The van der Waals surface area contributed by atoms with E-state index in [0.29, 0.717) is 4.82 Å². The van der Waals surface area contributed by atoms with Crippen LogP contribution in [-0.4, -0.2) is 20.4 Å². The summed E-state index contributed by atoms with van der Waals surface area (Å²) in [6.45, 7) is 13.5. The van der Waals surface area contributed by atoms with Crippen molar-refractivity contribution in [2.24, 2.45) is 0 Å². The van der Waals surface area contributed by atoms with Gasteiger partial charge in [-0.05, 0) is 0 Å². The molecule has 2 aliphatic carbocycles. The van der Waals surface area contributed by atoms with Gasteiger partial charge in [0, 0.05) is 0 Å². The summed E-state index contributed by atoms with van der Waals surface area (Å²) in [6.07, 6.45) is 9.87. The van der Waals surface area contributed by atoms with E-state index in [2.05, 4.69) is 48.5 Å². The predicted molar refractivity (Wildman–Crippen MR) is 55.5 cm³/mol. The second-order valence-corrected chi connectivity index (χ2v) is 3.69. The van der Waals surface area contributed by atoms with Gasteiger partial charge in [0.05, 0.1) is 0 Å². The maximum absolute atomic E-state index is 7.50. The Labute approximate surface area is 105 Å². The van der Waals surface area contributed by atoms with Gasteiger partial charge >= 0.3 is 69.8 Å². The van der Waals surface area contributed by atoms with Gasteiger partial charge in [-0.15, -0.1) is 0 Å². The zero-order chi connectivity index (χ0) is 13.0. The first-order valence-corrected chi connectivity index (χ1v) is 5.16. The van der Waals surface area contributed by atoms with Gasteiger partial charge in [-0.1, -0.05) is 0 Å². The van der Waals surface area contributed by atoms with Gasteiger partial charge < -0.3 is 0 Å². The third-order valence-corrected chi connectivity index (χ3v) is 2.94. The van der Waals surface area contributed by atoms with E-state index in [9.17, 15) is 0 Å². The molecule has 16 heavy (non-hydrogen) atoms. The Morgan fingerprint density at radius 1 is 1.00 bits per heavy atom. The van der Waals surface area contributed by atoms with E-state index < -0.39 is 0 Å². The molecule has 0 heterocycles. The standard InChI is InChI=1S/C9H11.3CO.Fe/c1-2-5-9-7-3-6-8(9)4-1;3*1-2;/h3,6-7H,1-2,4-5H2;;;;. The van der Waals surface area contributed by atoms with Gasteiger partial charge in [0.25, 0.3) is 20.4 Å². The Bertz CT molecular complexity index is 244. The summed E-state index contributed by atoms with van der Waals surface area (Å²) in [5.41, 5.74) is 3.21. The molecule has 0 aromatic heterocycles. The van der Waals surface area contributed by atoms with Crippen LogP contribution in [0.1, 0.15) is 25.7 Å². The van der Waals surface area contributed by atoms with Crippen molar-refractivity contribution < 1.29 is 30.4 Å². The fourth-order valence-corrected chi connectivity index (χ4v) is 2.23. The van der Waals surface area contributed by atoms with E-state index in [4.69, 9.17) is 14.4 Å². The summed E-state index contributed by atoms with van der Waals surface area (Å²) in [7, 11) is 0. The second-order valence-electron chi connectivity index (χ2n) is 3.00. The van der Waals surface area contributed by atoms with Crippen LogP contribution in [0.5, 0.6) is 0 Å². The Morgan fingerprint density at radius 2 is 1.50 bits per heavy atom. The SMILES string of the molecule is [C]=O.[C]=O.[C]=O.[Fe][CH]1C=CC2=C1CCCC2. The van der Waals surface area contributed by atoms with Crippen molar-refractivity contribution in [2.45, 2.75) is 30.5 Å². The molecule has 0 N–H and O–H groups in total. The first-order valence-electron chi connectivity index (χ1n) is 4.52. The third-order valence-electron chi connectivity index (χ3n) is 2.34. The van der Waals surface area contributed by atoms with Crippen molar-refractivity contribution in [2.75, 3.05) is 0 Å². The molecule has 1 unspecified atom stereocenters. The number of rotatable bonds is 0. The van der Waals surface area contributed by atoms with E-state index in [1.807, 2.05) is 0 Å². The molecule has 4 heteroatoms. The summed E-state index contributed by atoms with van der Waals surface area (Å²) in [5.74, 6) is 0. The molecule has 0 saturated heterocycles. The Morgan fingerprint density at radius 3 is 2.00 bits per heavy atom. The fraction of sp³-hybridized carbons (Fsp3) is 0.417. The van der Waals surface area contributed by atoms with Gasteiger partial charge in [-0.3, -0.25) is 14.4 Å². The van der Waals surface area contributed by atoms with Crippen molar-refractivity contribution in [1.29, 1.82) is 0 Å². The molecule has 3 nitrogen and oxygen atoms in total. The predicted octanol–water partition coefficient (Wildman–Crippen LogP) is 1.57. The molecule has 0 aromatic rings. The van der Waals surface area contributed by atoms with Crippen molar-refractivity contribution in [3.8, 4) is 0 Å². The molecule has 1 atom stereocenters. The first-order chi connectivity index (χ1) is 7.88. The average Bonchev–Trinajstić information content (AvgIpc) is 2.79. The molecule has 0 bridgehead atoms. The maximum atomic E-state index is 7.50. The summed E-state index contributed by atoms with van der Waals surface area (Å²) in [6, 6.07) is 0. The van der Waals surface area contributed by atoms with Crippen molar-refractivity contribution in [3.05, 3.63) is 23.3 Å². The molecule has 0 amide bonds. The number of hydrogen-bond acceptors (Lipinski definition) is 3. The van der Waals surface area contributed by atoms with Gasteiger partial charge in [-0.25, -0.2) is 0 Å². The van der Waals surface area contributed by atoms with E-state index in [1.54, 1.807) is 11.1 Å². The molecule has 2 aliphatic rings. The Hall–Kier alpha value is -0.991. The number of allylic oxidation sites excluding steroid dienone is 4. The zero-order valence-corrected chi connectivity index (χ0v) is 9.74. The van der Waals surface area contributed by atoms with Crippen LogP contribution in [0.2, 0.25) is 4.82 Å². The normalized spacial score (nSPS) is 20.2. The molecule has 0 aromatic carbocycles. The van der Waals surface area contributed by atoms with Crippen LogP contribution in [-0.2, 0) is 30.4 Å². The molecule has 85 valence electrons. The van der Waals surface area contributed by atoms with Crippen LogP contribution in [0.15, 0.2) is 23.3 Å². The van der Waals surface area contributed by atoms with Crippen LogP contribution >= 0.6 is 0 Å². The van der Waals surface area contributed by atoms with Gasteiger partial charge in [-0.2, -0.15) is 0 Å². The van der Waals surface area contributed by atoms with Gasteiger partial charge in [0.2, 0.25) is 0 Å². The van der Waals surface area contributed by atoms with Crippen molar-refractivity contribution in [1.82, 2.24) is 0 Å². The minimum absolute atomic E-state index is 0.510. The van der Waals surface area contributed by atoms with Gasteiger partial charge in [0.15, 0.2) is 0 Å². The van der Waals surface area contributed by atoms with Gasteiger partial charge in [0.1, 0.15) is 0 Å². The summed E-state index contributed by atoms with van der Waals surface area (Å²) in [5, 5.41) is 0. The van der Waals surface area contributed by atoms with E-state index in [1.165, 1.54) is 25.7 Å². The molecule has 0 spiro atoms. The van der Waals surface area contributed by atoms with Crippen molar-refractivity contribution in [3.63, 3.8) is 0 Å². The molecule has 2 rings (SSSR count). The number of carbonyl (C=O) groups excluding carboxylic acids is 3. The second kappa shape index (κ2) is 12.1. The molecule has 0 aliphatic heterocycles. The van der Waals surface area contributed by atoms with Crippen LogP contribution in [0.4, 0.5) is 0 Å². The Balaban J connectivity index is 0.